The Labute approximate surface area is 110 Å². The van der Waals surface area contributed by atoms with Crippen molar-refractivity contribution in [3.8, 4) is 0 Å². The van der Waals surface area contributed by atoms with Gasteiger partial charge in [-0.05, 0) is 42.6 Å². The Kier molecular flexibility index (Phi) is 5.42. The summed E-state index contributed by atoms with van der Waals surface area (Å²) in [5.74, 6) is 0.492. The van der Waals surface area contributed by atoms with Gasteiger partial charge >= 0.3 is 0 Å². The van der Waals surface area contributed by atoms with Crippen molar-refractivity contribution < 1.29 is 0 Å². The van der Waals surface area contributed by atoms with Crippen molar-refractivity contribution in [1.82, 2.24) is 5.32 Å². The highest BCUT2D eigenvalue weighted by atomic mass is 32.1. The van der Waals surface area contributed by atoms with Gasteiger partial charge in [-0.25, -0.2) is 0 Å². The second-order valence-electron chi connectivity index (χ2n) is 4.57. The lowest BCUT2D eigenvalue weighted by molar-refractivity contribution is 0.844. The maximum atomic E-state index is 5.29. The van der Waals surface area contributed by atoms with E-state index >= 15 is 0 Å². The third kappa shape index (κ3) is 4.00. The quantitative estimate of drug-likeness (QED) is 0.795. The molecule has 0 spiro atoms. The summed E-state index contributed by atoms with van der Waals surface area (Å²) in [5.41, 5.74) is 3.69. The average Bonchev–Trinajstić information content (AvgIpc) is 2.28. The Morgan fingerprint density at radius 1 is 1.35 bits per heavy atom. The topological polar surface area (TPSA) is 24.1 Å². The van der Waals surface area contributed by atoms with Gasteiger partial charge in [0.25, 0.3) is 0 Å². The van der Waals surface area contributed by atoms with E-state index in [4.69, 9.17) is 12.2 Å². The van der Waals surface area contributed by atoms with E-state index in [0.29, 0.717) is 11.0 Å². The predicted molar refractivity (Wildman–Crippen MR) is 79.8 cm³/mol. The molecule has 0 bridgehead atoms. The molecule has 94 valence electrons. The van der Waals surface area contributed by atoms with Crippen LogP contribution in [0.2, 0.25) is 0 Å². The minimum atomic E-state index is 0.492. The van der Waals surface area contributed by atoms with Crippen LogP contribution in [-0.2, 0) is 0 Å². The highest BCUT2D eigenvalue weighted by Crippen LogP contribution is 2.27. The number of benzene rings is 1. The molecule has 0 fully saturated rings. The molecule has 17 heavy (non-hydrogen) atoms. The number of rotatable bonds is 4. The molecule has 0 aliphatic rings. The van der Waals surface area contributed by atoms with E-state index < -0.39 is 0 Å². The van der Waals surface area contributed by atoms with Crippen LogP contribution >= 0.6 is 12.2 Å². The molecule has 0 atom stereocenters. The molecule has 1 aromatic carbocycles. The van der Waals surface area contributed by atoms with Crippen LogP contribution in [-0.4, -0.2) is 11.7 Å². The molecular formula is C14H22N2S. The minimum Gasteiger partial charge on any atom is -0.362 e. The smallest absolute Gasteiger partial charge is 0.170 e. The molecule has 1 aromatic rings. The van der Waals surface area contributed by atoms with Crippen LogP contribution in [0.4, 0.5) is 5.69 Å². The van der Waals surface area contributed by atoms with Crippen molar-refractivity contribution in [1.29, 1.82) is 0 Å². The fourth-order valence-corrected chi connectivity index (χ4v) is 1.94. The van der Waals surface area contributed by atoms with E-state index in [1.165, 1.54) is 11.1 Å². The summed E-state index contributed by atoms with van der Waals surface area (Å²) < 4.78 is 0. The van der Waals surface area contributed by atoms with Crippen LogP contribution < -0.4 is 10.6 Å². The number of anilines is 1. The monoisotopic (exact) mass is 250 g/mol. The molecule has 2 N–H and O–H groups in total. The van der Waals surface area contributed by atoms with E-state index in [-0.39, 0.29) is 0 Å². The SMILES string of the molecule is CCCNC(=S)Nc1c(C)cccc1C(C)C. The summed E-state index contributed by atoms with van der Waals surface area (Å²) in [7, 11) is 0. The number of thiocarbonyl (C=S) groups is 1. The van der Waals surface area contributed by atoms with Gasteiger partial charge in [0.15, 0.2) is 5.11 Å². The van der Waals surface area contributed by atoms with E-state index in [1.54, 1.807) is 0 Å². The molecule has 0 aliphatic heterocycles. The molecule has 0 heterocycles. The van der Waals surface area contributed by atoms with Crippen molar-refractivity contribution in [3.63, 3.8) is 0 Å². The number of hydrogen-bond acceptors (Lipinski definition) is 1. The van der Waals surface area contributed by atoms with Crippen molar-refractivity contribution in [2.24, 2.45) is 0 Å². The summed E-state index contributed by atoms with van der Waals surface area (Å²) in [4.78, 5) is 0. The van der Waals surface area contributed by atoms with Crippen LogP contribution in [0.5, 0.6) is 0 Å². The maximum absolute atomic E-state index is 5.29. The Balaban J connectivity index is 2.85. The first-order valence-corrected chi connectivity index (χ1v) is 6.61. The first kappa shape index (κ1) is 14.0. The Bertz CT molecular complexity index is 386. The largest absolute Gasteiger partial charge is 0.362 e. The third-order valence-electron chi connectivity index (χ3n) is 2.70. The molecule has 0 aliphatic carbocycles. The van der Waals surface area contributed by atoms with Crippen molar-refractivity contribution in [2.75, 3.05) is 11.9 Å². The van der Waals surface area contributed by atoms with Gasteiger partial charge in [-0.3, -0.25) is 0 Å². The lowest BCUT2D eigenvalue weighted by Gasteiger charge is -2.18. The highest BCUT2D eigenvalue weighted by molar-refractivity contribution is 7.80. The second kappa shape index (κ2) is 6.60. The van der Waals surface area contributed by atoms with Crippen LogP contribution in [0.1, 0.15) is 44.2 Å². The molecule has 0 radical (unpaired) electrons. The third-order valence-corrected chi connectivity index (χ3v) is 2.95. The molecule has 0 amide bonds. The normalized spacial score (nSPS) is 10.4. The summed E-state index contributed by atoms with van der Waals surface area (Å²) >= 11 is 5.29. The fraction of sp³-hybridized carbons (Fsp3) is 0.500. The number of nitrogens with one attached hydrogen (secondary N) is 2. The molecule has 3 heteroatoms. The lowest BCUT2D eigenvalue weighted by atomic mass is 9.98. The van der Waals surface area contributed by atoms with Gasteiger partial charge in [0.1, 0.15) is 0 Å². The maximum Gasteiger partial charge on any atom is 0.170 e. The van der Waals surface area contributed by atoms with Crippen LogP contribution in [0.15, 0.2) is 18.2 Å². The van der Waals surface area contributed by atoms with E-state index in [9.17, 15) is 0 Å². The molecular weight excluding hydrogens is 228 g/mol. The minimum absolute atomic E-state index is 0.492. The molecule has 1 rings (SSSR count). The summed E-state index contributed by atoms with van der Waals surface area (Å²) in [6.07, 6.45) is 1.08. The van der Waals surface area contributed by atoms with Gasteiger partial charge < -0.3 is 10.6 Å². The van der Waals surface area contributed by atoms with Crippen molar-refractivity contribution in [2.45, 2.75) is 40.0 Å². The zero-order valence-electron chi connectivity index (χ0n) is 11.1. The standard InChI is InChI=1S/C14H22N2S/c1-5-9-15-14(17)16-13-11(4)7-6-8-12(13)10(2)3/h6-8,10H,5,9H2,1-4H3,(H2,15,16,17). The van der Waals surface area contributed by atoms with Gasteiger partial charge in [-0.15, -0.1) is 0 Å². The zero-order chi connectivity index (χ0) is 12.8. The van der Waals surface area contributed by atoms with E-state index in [1.807, 2.05) is 0 Å². The Morgan fingerprint density at radius 3 is 2.65 bits per heavy atom. The van der Waals surface area contributed by atoms with Crippen LogP contribution in [0.3, 0.4) is 0 Å². The first-order chi connectivity index (χ1) is 8.06. The van der Waals surface area contributed by atoms with Gasteiger partial charge in [-0.2, -0.15) is 0 Å². The summed E-state index contributed by atoms with van der Waals surface area (Å²) in [6.45, 7) is 9.54. The second-order valence-corrected chi connectivity index (χ2v) is 4.98. The van der Waals surface area contributed by atoms with Crippen molar-refractivity contribution in [3.05, 3.63) is 29.3 Å². The molecule has 2 nitrogen and oxygen atoms in total. The number of para-hydroxylation sites is 1. The fourth-order valence-electron chi connectivity index (χ4n) is 1.74. The predicted octanol–water partition coefficient (Wildman–Crippen LogP) is 3.81. The Morgan fingerprint density at radius 2 is 2.06 bits per heavy atom. The zero-order valence-corrected chi connectivity index (χ0v) is 11.9. The number of hydrogen-bond donors (Lipinski definition) is 2. The molecule has 0 saturated heterocycles. The lowest BCUT2D eigenvalue weighted by Crippen LogP contribution is -2.29. The molecule has 0 saturated carbocycles. The average molecular weight is 250 g/mol. The van der Waals surface area contributed by atoms with Crippen LogP contribution in [0, 0.1) is 6.92 Å². The van der Waals surface area contributed by atoms with Gasteiger partial charge in [0.05, 0.1) is 0 Å². The van der Waals surface area contributed by atoms with Crippen molar-refractivity contribution >= 4 is 23.0 Å². The van der Waals surface area contributed by atoms with Gasteiger partial charge in [0, 0.05) is 12.2 Å². The Hall–Kier alpha value is -1.09. The molecule has 0 aromatic heterocycles. The van der Waals surface area contributed by atoms with E-state index in [2.05, 4.69) is 56.5 Å². The summed E-state index contributed by atoms with van der Waals surface area (Å²) in [6, 6.07) is 6.36. The first-order valence-electron chi connectivity index (χ1n) is 6.20. The molecule has 0 unspecified atom stereocenters. The highest BCUT2D eigenvalue weighted by Gasteiger charge is 2.09. The van der Waals surface area contributed by atoms with Crippen LogP contribution in [0.25, 0.3) is 0 Å². The summed E-state index contributed by atoms with van der Waals surface area (Å²) in [5, 5.41) is 7.22. The van der Waals surface area contributed by atoms with Gasteiger partial charge in [0.2, 0.25) is 0 Å². The van der Waals surface area contributed by atoms with E-state index in [0.717, 1.165) is 18.7 Å². The number of aryl methyl sites for hydroxylation is 1. The van der Waals surface area contributed by atoms with Gasteiger partial charge in [-0.1, -0.05) is 39.0 Å².